The maximum atomic E-state index is 13.5. The van der Waals surface area contributed by atoms with Gasteiger partial charge in [-0.3, -0.25) is 0 Å². The van der Waals surface area contributed by atoms with Crippen LogP contribution in [0.2, 0.25) is 0 Å². The normalized spacial score (nSPS) is 21.5. The molecule has 2 rings (SSSR count). The molecule has 138 valence electrons. The summed E-state index contributed by atoms with van der Waals surface area (Å²) in [6.07, 6.45) is 3.80. The van der Waals surface area contributed by atoms with Gasteiger partial charge in [0.05, 0.1) is 6.04 Å². The number of amides is 2. The summed E-state index contributed by atoms with van der Waals surface area (Å²) in [6.45, 7) is 2.56. The fraction of sp³-hybridized carbons (Fsp3) is 0.471. The van der Waals surface area contributed by atoms with Crippen molar-refractivity contribution in [2.24, 2.45) is 5.92 Å². The number of urea groups is 1. The number of likely N-dealkylation sites (tertiary alicyclic amines) is 1. The second-order valence-electron chi connectivity index (χ2n) is 6.43. The monoisotopic (exact) mass is 372 g/mol. The van der Waals surface area contributed by atoms with Gasteiger partial charge in [0.25, 0.3) is 0 Å². The topological polar surface area (TPSA) is 66.5 Å². The summed E-state index contributed by atoms with van der Waals surface area (Å²) in [6, 6.07) is 2.48. The highest BCUT2D eigenvalue weighted by Gasteiger charge is 2.31. The molecule has 0 saturated carbocycles. The average Bonchev–Trinajstić information content (AvgIpc) is 2.49. The van der Waals surface area contributed by atoms with Gasteiger partial charge in [0.2, 0.25) is 0 Å². The van der Waals surface area contributed by atoms with Crippen LogP contribution in [0.3, 0.4) is 0 Å². The molecule has 1 aromatic carbocycles. The number of carbonyl (C=O) groups is 1. The maximum Gasteiger partial charge on any atom is 0.318 e. The molecule has 0 spiro atoms. The van der Waals surface area contributed by atoms with Gasteiger partial charge in [-0.05, 0) is 36.5 Å². The third-order valence-electron chi connectivity index (χ3n) is 4.11. The van der Waals surface area contributed by atoms with Crippen LogP contribution in [-0.2, 0) is 9.84 Å². The van der Waals surface area contributed by atoms with Crippen molar-refractivity contribution < 1.29 is 22.0 Å². The fourth-order valence-corrected chi connectivity index (χ4v) is 3.38. The molecule has 1 N–H and O–H groups in total. The first-order valence-electron chi connectivity index (χ1n) is 8.03. The molecule has 1 saturated heterocycles. The number of carbonyl (C=O) groups excluding carboxylic acids is 1. The lowest BCUT2D eigenvalue weighted by molar-refractivity contribution is 0.132. The molecule has 8 heteroatoms. The average molecular weight is 372 g/mol. The van der Waals surface area contributed by atoms with Crippen LogP contribution in [0.4, 0.5) is 13.6 Å². The molecule has 1 aliphatic heterocycles. The van der Waals surface area contributed by atoms with E-state index in [0.29, 0.717) is 24.4 Å². The Balaban J connectivity index is 2.13. The molecule has 0 aromatic heterocycles. The lowest BCUT2D eigenvalue weighted by Crippen LogP contribution is -2.46. The van der Waals surface area contributed by atoms with Gasteiger partial charge in [0, 0.05) is 30.8 Å². The van der Waals surface area contributed by atoms with E-state index in [1.807, 2.05) is 6.92 Å². The van der Waals surface area contributed by atoms with Crippen molar-refractivity contribution in [1.82, 2.24) is 10.2 Å². The van der Waals surface area contributed by atoms with Gasteiger partial charge in [-0.15, -0.1) is 0 Å². The highest BCUT2D eigenvalue weighted by Crippen LogP contribution is 2.34. The van der Waals surface area contributed by atoms with Crippen LogP contribution in [0, 0.1) is 17.6 Å². The minimum atomic E-state index is -3.25. The molecule has 0 aliphatic carbocycles. The van der Waals surface area contributed by atoms with Gasteiger partial charge >= 0.3 is 6.03 Å². The van der Waals surface area contributed by atoms with E-state index >= 15 is 0 Å². The summed E-state index contributed by atoms with van der Waals surface area (Å²) in [5, 5.41) is 3.64. The SMILES string of the molecule is CC1CCN(C(=O)NC/C=C/S(C)(=O)=O)C(c2cc(F)cc(F)c2)C1. The summed E-state index contributed by atoms with van der Waals surface area (Å²) < 4.78 is 49.2. The zero-order valence-corrected chi connectivity index (χ0v) is 15.0. The zero-order chi connectivity index (χ0) is 18.6. The van der Waals surface area contributed by atoms with Crippen LogP contribution in [0.1, 0.15) is 31.4 Å². The second kappa shape index (κ2) is 7.95. The van der Waals surface area contributed by atoms with E-state index in [-0.39, 0.29) is 12.6 Å². The minimum Gasteiger partial charge on any atom is -0.334 e. The third kappa shape index (κ3) is 5.81. The van der Waals surface area contributed by atoms with Gasteiger partial charge < -0.3 is 10.2 Å². The van der Waals surface area contributed by atoms with Gasteiger partial charge in [0.15, 0.2) is 9.84 Å². The summed E-state index contributed by atoms with van der Waals surface area (Å²) in [5.41, 5.74) is 0.422. The van der Waals surface area contributed by atoms with Crippen molar-refractivity contribution in [3.8, 4) is 0 Å². The number of nitrogens with one attached hydrogen (secondary N) is 1. The van der Waals surface area contributed by atoms with Crippen LogP contribution >= 0.6 is 0 Å². The maximum absolute atomic E-state index is 13.5. The number of hydrogen-bond donors (Lipinski definition) is 1. The largest absolute Gasteiger partial charge is 0.334 e. The second-order valence-corrected chi connectivity index (χ2v) is 8.36. The van der Waals surface area contributed by atoms with Crippen LogP contribution < -0.4 is 5.32 Å². The molecule has 2 unspecified atom stereocenters. The Hall–Kier alpha value is -1.96. The Bertz CT molecular complexity index is 745. The van der Waals surface area contributed by atoms with E-state index in [1.54, 1.807) is 4.90 Å². The van der Waals surface area contributed by atoms with E-state index < -0.39 is 27.5 Å². The molecule has 2 amide bonds. The first-order valence-corrected chi connectivity index (χ1v) is 9.98. The number of hydrogen-bond acceptors (Lipinski definition) is 3. The van der Waals surface area contributed by atoms with Crippen LogP contribution in [0.25, 0.3) is 0 Å². The summed E-state index contributed by atoms with van der Waals surface area (Å²) in [4.78, 5) is 14.0. The standard InChI is InChI=1S/C17H22F2N2O3S/c1-12-4-6-21(17(22)20-5-3-7-25(2,23)24)16(8-12)13-9-14(18)11-15(19)10-13/h3,7,9-12,16H,4-6,8H2,1-2H3,(H,20,22)/b7-3+. The van der Waals surface area contributed by atoms with Crippen molar-refractivity contribution in [3.63, 3.8) is 0 Å². The predicted molar refractivity (Wildman–Crippen MR) is 91.6 cm³/mol. The Labute approximate surface area is 146 Å². The molecule has 1 aliphatic rings. The zero-order valence-electron chi connectivity index (χ0n) is 14.2. The van der Waals surface area contributed by atoms with Crippen molar-refractivity contribution >= 4 is 15.9 Å². The number of halogens is 2. The molecule has 1 heterocycles. The van der Waals surface area contributed by atoms with E-state index in [0.717, 1.165) is 24.2 Å². The van der Waals surface area contributed by atoms with E-state index in [4.69, 9.17) is 0 Å². The Morgan fingerprint density at radius 3 is 2.56 bits per heavy atom. The van der Waals surface area contributed by atoms with Crippen molar-refractivity contribution in [3.05, 3.63) is 46.9 Å². The lowest BCUT2D eigenvalue weighted by Gasteiger charge is -2.38. The number of sulfone groups is 1. The van der Waals surface area contributed by atoms with E-state index in [1.165, 1.54) is 18.2 Å². The first-order chi connectivity index (χ1) is 11.7. The third-order valence-corrected chi connectivity index (χ3v) is 4.80. The molecule has 1 aromatic rings. The van der Waals surface area contributed by atoms with Crippen LogP contribution in [-0.4, -0.2) is 38.7 Å². The van der Waals surface area contributed by atoms with Crippen LogP contribution in [0.5, 0.6) is 0 Å². The summed E-state index contributed by atoms with van der Waals surface area (Å²) in [7, 11) is -3.25. The molecule has 1 fully saturated rings. The summed E-state index contributed by atoms with van der Waals surface area (Å²) in [5.74, 6) is -1.03. The van der Waals surface area contributed by atoms with Gasteiger partial charge in [-0.1, -0.05) is 13.0 Å². The number of piperidine rings is 1. The van der Waals surface area contributed by atoms with E-state index in [9.17, 15) is 22.0 Å². The molecule has 0 radical (unpaired) electrons. The number of benzene rings is 1. The highest BCUT2D eigenvalue weighted by molar-refractivity contribution is 7.93. The van der Waals surface area contributed by atoms with Crippen molar-refractivity contribution in [2.75, 3.05) is 19.3 Å². The summed E-state index contributed by atoms with van der Waals surface area (Å²) >= 11 is 0. The fourth-order valence-electron chi connectivity index (χ4n) is 2.94. The Morgan fingerprint density at radius 1 is 1.32 bits per heavy atom. The predicted octanol–water partition coefficient (Wildman–Crippen LogP) is 3.01. The molecule has 25 heavy (non-hydrogen) atoms. The van der Waals surface area contributed by atoms with Crippen molar-refractivity contribution in [2.45, 2.75) is 25.8 Å². The smallest absolute Gasteiger partial charge is 0.318 e. The Kier molecular flexibility index (Phi) is 6.16. The van der Waals surface area contributed by atoms with Crippen molar-refractivity contribution in [1.29, 1.82) is 0 Å². The first kappa shape index (κ1) is 19.4. The highest BCUT2D eigenvalue weighted by atomic mass is 32.2. The lowest BCUT2D eigenvalue weighted by atomic mass is 9.88. The van der Waals surface area contributed by atoms with Gasteiger partial charge in [0.1, 0.15) is 11.6 Å². The molecule has 5 nitrogen and oxygen atoms in total. The van der Waals surface area contributed by atoms with Gasteiger partial charge in [-0.25, -0.2) is 22.0 Å². The molecular weight excluding hydrogens is 350 g/mol. The van der Waals surface area contributed by atoms with E-state index in [2.05, 4.69) is 5.32 Å². The van der Waals surface area contributed by atoms with Gasteiger partial charge in [-0.2, -0.15) is 0 Å². The molecule has 2 atom stereocenters. The quantitative estimate of drug-likeness (QED) is 0.884. The van der Waals surface area contributed by atoms with Crippen LogP contribution in [0.15, 0.2) is 29.7 Å². The minimum absolute atomic E-state index is 0.0577. The number of rotatable bonds is 4. The molecular formula is C17H22F2N2O3S. The number of nitrogens with zero attached hydrogens (tertiary/aromatic N) is 1. The molecule has 0 bridgehead atoms. The Morgan fingerprint density at radius 2 is 1.96 bits per heavy atom.